The summed E-state index contributed by atoms with van der Waals surface area (Å²) in [5.41, 5.74) is 7.06. The number of nitrogens with zero attached hydrogens (tertiary/aromatic N) is 3. The SMILES string of the molecule is NC1CN(C(=O)Nc2cnc(CC3CC3)nc2)CC12CCC2. The van der Waals surface area contributed by atoms with Gasteiger partial charge in [-0.3, -0.25) is 0 Å². The van der Waals surface area contributed by atoms with Crippen molar-refractivity contribution in [3.05, 3.63) is 18.2 Å². The summed E-state index contributed by atoms with van der Waals surface area (Å²) < 4.78 is 0. The predicted octanol–water partition coefficient (Wildman–Crippen LogP) is 1.77. The van der Waals surface area contributed by atoms with E-state index in [0.717, 1.165) is 37.5 Å². The second-order valence-electron chi connectivity index (χ2n) is 7.17. The Morgan fingerprint density at radius 1 is 1.36 bits per heavy atom. The van der Waals surface area contributed by atoms with Gasteiger partial charge in [0.2, 0.25) is 0 Å². The van der Waals surface area contributed by atoms with Crippen molar-refractivity contribution in [3.8, 4) is 0 Å². The summed E-state index contributed by atoms with van der Waals surface area (Å²) >= 11 is 0. The highest BCUT2D eigenvalue weighted by Crippen LogP contribution is 2.47. The summed E-state index contributed by atoms with van der Waals surface area (Å²) in [5, 5.41) is 2.89. The van der Waals surface area contributed by atoms with E-state index in [1.807, 2.05) is 4.90 Å². The number of carbonyl (C=O) groups is 1. The molecule has 3 aliphatic rings. The molecule has 1 unspecified atom stereocenters. The minimum atomic E-state index is -0.0854. The number of hydrogen-bond acceptors (Lipinski definition) is 4. The lowest BCUT2D eigenvalue weighted by Gasteiger charge is -2.41. The monoisotopic (exact) mass is 301 g/mol. The largest absolute Gasteiger partial charge is 0.326 e. The number of rotatable bonds is 3. The van der Waals surface area contributed by atoms with Gasteiger partial charge in [-0.25, -0.2) is 14.8 Å². The van der Waals surface area contributed by atoms with Crippen LogP contribution in [0.4, 0.5) is 10.5 Å². The fraction of sp³-hybridized carbons (Fsp3) is 0.688. The zero-order valence-corrected chi connectivity index (χ0v) is 12.8. The van der Waals surface area contributed by atoms with Gasteiger partial charge in [0.05, 0.1) is 18.1 Å². The van der Waals surface area contributed by atoms with Gasteiger partial charge in [0.1, 0.15) is 5.82 Å². The Labute approximate surface area is 130 Å². The first kappa shape index (κ1) is 13.9. The molecule has 0 aromatic carbocycles. The van der Waals surface area contributed by atoms with E-state index in [-0.39, 0.29) is 17.5 Å². The molecule has 2 heterocycles. The van der Waals surface area contributed by atoms with E-state index < -0.39 is 0 Å². The molecule has 6 nitrogen and oxygen atoms in total. The van der Waals surface area contributed by atoms with Crippen LogP contribution in [-0.4, -0.2) is 40.0 Å². The number of amides is 2. The Kier molecular flexibility index (Phi) is 3.29. The zero-order valence-electron chi connectivity index (χ0n) is 12.8. The van der Waals surface area contributed by atoms with E-state index in [1.54, 1.807) is 12.4 Å². The Balaban J connectivity index is 1.35. The van der Waals surface area contributed by atoms with Gasteiger partial charge < -0.3 is 16.0 Å². The summed E-state index contributed by atoms with van der Waals surface area (Å²) in [6.45, 7) is 1.42. The van der Waals surface area contributed by atoms with Gasteiger partial charge in [0.25, 0.3) is 0 Å². The van der Waals surface area contributed by atoms with Crippen molar-refractivity contribution in [3.63, 3.8) is 0 Å². The summed E-state index contributed by atoms with van der Waals surface area (Å²) in [6.07, 6.45) is 10.5. The quantitative estimate of drug-likeness (QED) is 0.891. The van der Waals surface area contributed by atoms with Gasteiger partial charge in [-0.1, -0.05) is 6.42 Å². The molecule has 3 N–H and O–H groups in total. The number of nitrogens with one attached hydrogen (secondary N) is 1. The van der Waals surface area contributed by atoms with E-state index in [1.165, 1.54) is 19.3 Å². The molecule has 1 spiro atoms. The standard InChI is InChI=1S/C16H23N5O/c17-13-9-21(10-16(13)4-1-5-16)15(22)20-12-7-18-14(19-8-12)6-11-2-3-11/h7-8,11,13H,1-6,9-10,17H2,(H,20,22). The number of urea groups is 1. The molecule has 0 bridgehead atoms. The predicted molar refractivity (Wildman–Crippen MR) is 83.3 cm³/mol. The molecule has 3 fully saturated rings. The highest BCUT2D eigenvalue weighted by atomic mass is 16.2. The topological polar surface area (TPSA) is 84.1 Å². The maximum absolute atomic E-state index is 12.4. The fourth-order valence-electron chi connectivity index (χ4n) is 3.61. The second kappa shape index (κ2) is 5.19. The highest BCUT2D eigenvalue weighted by molar-refractivity contribution is 5.89. The first-order valence-corrected chi connectivity index (χ1v) is 8.27. The average molecular weight is 301 g/mol. The smallest absolute Gasteiger partial charge is 0.322 e. The molecule has 2 aliphatic carbocycles. The third kappa shape index (κ3) is 2.56. The molecular weight excluding hydrogens is 278 g/mol. The van der Waals surface area contributed by atoms with Crippen molar-refractivity contribution in [2.75, 3.05) is 18.4 Å². The number of hydrogen-bond donors (Lipinski definition) is 2. The third-order valence-corrected chi connectivity index (χ3v) is 5.47. The Morgan fingerprint density at radius 3 is 2.64 bits per heavy atom. The van der Waals surface area contributed by atoms with Crippen LogP contribution in [0.1, 0.15) is 37.9 Å². The van der Waals surface area contributed by atoms with Crippen LogP contribution < -0.4 is 11.1 Å². The lowest BCUT2D eigenvalue weighted by Crippen LogP contribution is -2.45. The van der Waals surface area contributed by atoms with Crippen LogP contribution in [0.3, 0.4) is 0 Å². The number of carbonyl (C=O) groups excluding carboxylic acids is 1. The molecule has 6 heteroatoms. The molecular formula is C16H23N5O. The molecule has 0 radical (unpaired) electrons. The van der Waals surface area contributed by atoms with Crippen LogP contribution in [0, 0.1) is 11.3 Å². The fourth-order valence-corrected chi connectivity index (χ4v) is 3.61. The molecule has 2 amide bonds. The van der Waals surface area contributed by atoms with Crippen LogP contribution in [0.2, 0.25) is 0 Å². The Hall–Kier alpha value is -1.69. The Morgan fingerprint density at radius 2 is 2.09 bits per heavy atom. The minimum Gasteiger partial charge on any atom is -0.326 e. The van der Waals surface area contributed by atoms with E-state index >= 15 is 0 Å². The molecule has 1 saturated heterocycles. The van der Waals surface area contributed by atoms with Gasteiger partial charge in [0, 0.05) is 31.0 Å². The zero-order chi connectivity index (χ0) is 15.2. The van der Waals surface area contributed by atoms with Crippen LogP contribution in [0.25, 0.3) is 0 Å². The van der Waals surface area contributed by atoms with Crippen LogP contribution in [-0.2, 0) is 6.42 Å². The van der Waals surface area contributed by atoms with E-state index in [4.69, 9.17) is 5.73 Å². The van der Waals surface area contributed by atoms with Crippen molar-refractivity contribution in [1.82, 2.24) is 14.9 Å². The maximum Gasteiger partial charge on any atom is 0.322 e. The van der Waals surface area contributed by atoms with Gasteiger partial charge in [-0.2, -0.15) is 0 Å². The van der Waals surface area contributed by atoms with Gasteiger partial charge in [-0.15, -0.1) is 0 Å². The molecule has 4 rings (SSSR count). The normalized spacial score (nSPS) is 26.0. The maximum atomic E-state index is 12.4. The molecule has 1 aromatic rings. The van der Waals surface area contributed by atoms with Crippen molar-refractivity contribution in [1.29, 1.82) is 0 Å². The molecule has 1 aromatic heterocycles. The summed E-state index contributed by atoms with van der Waals surface area (Å²) in [4.78, 5) is 22.9. The Bertz CT molecular complexity index is 564. The molecule has 1 aliphatic heterocycles. The summed E-state index contributed by atoms with van der Waals surface area (Å²) in [5.74, 6) is 1.64. The van der Waals surface area contributed by atoms with Gasteiger partial charge in [0.15, 0.2) is 0 Å². The van der Waals surface area contributed by atoms with Crippen LogP contribution >= 0.6 is 0 Å². The molecule has 1 atom stereocenters. The molecule has 2 saturated carbocycles. The van der Waals surface area contributed by atoms with E-state index in [0.29, 0.717) is 12.2 Å². The minimum absolute atomic E-state index is 0.0854. The first-order chi connectivity index (χ1) is 10.6. The number of likely N-dealkylation sites (tertiary alicyclic amines) is 1. The van der Waals surface area contributed by atoms with Gasteiger partial charge >= 0.3 is 6.03 Å². The van der Waals surface area contributed by atoms with Crippen molar-refractivity contribution < 1.29 is 4.79 Å². The van der Waals surface area contributed by atoms with Crippen molar-refractivity contribution in [2.45, 2.75) is 44.6 Å². The third-order valence-electron chi connectivity index (χ3n) is 5.47. The van der Waals surface area contributed by atoms with Crippen molar-refractivity contribution >= 4 is 11.7 Å². The van der Waals surface area contributed by atoms with E-state index in [9.17, 15) is 4.79 Å². The van der Waals surface area contributed by atoms with E-state index in [2.05, 4.69) is 15.3 Å². The van der Waals surface area contributed by atoms with Crippen LogP contribution in [0.15, 0.2) is 12.4 Å². The molecule has 118 valence electrons. The molecule has 22 heavy (non-hydrogen) atoms. The summed E-state index contributed by atoms with van der Waals surface area (Å²) in [7, 11) is 0. The highest BCUT2D eigenvalue weighted by Gasteiger charge is 2.49. The number of anilines is 1. The number of nitrogens with two attached hydrogens (primary N) is 1. The van der Waals surface area contributed by atoms with Crippen LogP contribution in [0.5, 0.6) is 0 Å². The average Bonchev–Trinajstić information content (AvgIpc) is 3.20. The lowest BCUT2D eigenvalue weighted by molar-refractivity contribution is 0.127. The number of aromatic nitrogens is 2. The summed E-state index contributed by atoms with van der Waals surface area (Å²) in [6, 6.07) is 0.0296. The lowest BCUT2D eigenvalue weighted by atomic mass is 9.66. The first-order valence-electron chi connectivity index (χ1n) is 8.27. The van der Waals surface area contributed by atoms with Gasteiger partial charge in [-0.05, 0) is 31.6 Å². The second-order valence-corrected chi connectivity index (χ2v) is 7.17. The van der Waals surface area contributed by atoms with Crippen molar-refractivity contribution in [2.24, 2.45) is 17.1 Å².